The normalized spacial score (nSPS) is 17.3. The number of piperazine rings is 1. The van der Waals surface area contributed by atoms with Gasteiger partial charge < -0.3 is 10.0 Å². The predicted octanol–water partition coefficient (Wildman–Crippen LogP) is 2.09. The van der Waals surface area contributed by atoms with E-state index in [-0.39, 0.29) is 22.8 Å². The Balaban J connectivity index is 2.07. The van der Waals surface area contributed by atoms with E-state index in [1.54, 1.807) is 4.90 Å². The van der Waals surface area contributed by atoms with Gasteiger partial charge in [0, 0.05) is 31.7 Å². The Morgan fingerprint density at radius 1 is 1.20 bits per heavy atom. The summed E-state index contributed by atoms with van der Waals surface area (Å²) in [5, 5.41) is 9.69. The number of rotatable bonds is 1. The van der Waals surface area contributed by atoms with Gasteiger partial charge in [-0.2, -0.15) is 0 Å². The van der Waals surface area contributed by atoms with Gasteiger partial charge in [0.05, 0.1) is 5.56 Å². The molecular weight excluding hydrogens is 259 g/mol. The summed E-state index contributed by atoms with van der Waals surface area (Å²) >= 11 is 0. The fraction of sp³-hybridized carbons (Fsp3) is 0.533. The summed E-state index contributed by atoms with van der Waals surface area (Å²) in [7, 11) is 0. The van der Waals surface area contributed by atoms with Crippen molar-refractivity contribution in [2.24, 2.45) is 0 Å². The molecule has 1 amide bonds. The average Bonchev–Trinajstić information content (AvgIpc) is 2.40. The van der Waals surface area contributed by atoms with Gasteiger partial charge >= 0.3 is 0 Å². The molecular formula is C15H21FN2O2. The van der Waals surface area contributed by atoms with Gasteiger partial charge in [-0.25, -0.2) is 4.39 Å². The molecule has 0 radical (unpaired) electrons. The number of hydrogen-bond acceptors (Lipinski definition) is 3. The molecule has 0 saturated carbocycles. The summed E-state index contributed by atoms with van der Waals surface area (Å²) in [5.41, 5.74) is 0.116. The lowest BCUT2D eigenvalue weighted by molar-refractivity contribution is 0.0448. The lowest BCUT2D eigenvalue weighted by Gasteiger charge is -2.42. The smallest absolute Gasteiger partial charge is 0.257 e. The minimum Gasteiger partial charge on any atom is -0.507 e. The van der Waals surface area contributed by atoms with Crippen molar-refractivity contribution in [1.29, 1.82) is 0 Å². The lowest BCUT2D eigenvalue weighted by atomic mass is 10.0. The monoisotopic (exact) mass is 280 g/mol. The Kier molecular flexibility index (Phi) is 3.99. The summed E-state index contributed by atoms with van der Waals surface area (Å²) in [6, 6.07) is 3.45. The zero-order valence-corrected chi connectivity index (χ0v) is 12.2. The van der Waals surface area contributed by atoms with Crippen molar-refractivity contribution in [3.63, 3.8) is 0 Å². The van der Waals surface area contributed by atoms with Gasteiger partial charge in [-0.05, 0) is 39.0 Å². The van der Waals surface area contributed by atoms with E-state index in [2.05, 4.69) is 25.7 Å². The van der Waals surface area contributed by atoms with Gasteiger partial charge in [-0.1, -0.05) is 0 Å². The Labute approximate surface area is 118 Å². The number of carbonyl (C=O) groups is 1. The fourth-order valence-corrected chi connectivity index (χ4v) is 2.43. The Bertz CT molecular complexity index is 503. The molecule has 1 heterocycles. The number of aromatic hydroxyl groups is 1. The van der Waals surface area contributed by atoms with Crippen LogP contribution in [0.25, 0.3) is 0 Å². The predicted molar refractivity (Wildman–Crippen MR) is 75.3 cm³/mol. The van der Waals surface area contributed by atoms with Crippen LogP contribution >= 0.6 is 0 Å². The van der Waals surface area contributed by atoms with Gasteiger partial charge in [-0.15, -0.1) is 0 Å². The van der Waals surface area contributed by atoms with E-state index in [0.717, 1.165) is 25.2 Å². The van der Waals surface area contributed by atoms with E-state index in [4.69, 9.17) is 0 Å². The Morgan fingerprint density at radius 2 is 1.80 bits per heavy atom. The molecule has 2 rings (SSSR count). The van der Waals surface area contributed by atoms with Crippen LogP contribution in [0.3, 0.4) is 0 Å². The maximum absolute atomic E-state index is 13.2. The van der Waals surface area contributed by atoms with Gasteiger partial charge in [0.25, 0.3) is 5.91 Å². The van der Waals surface area contributed by atoms with Crippen molar-refractivity contribution >= 4 is 5.91 Å². The van der Waals surface area contributed by atoms with E-state index in [1.807, 2.05) is 0 Å². The highest BCUT2D eigenvalue weighted by Gasteiger charge is 2.29. The number of phenolic OH excluding ortho intramolecular Hbond substituents is 1. The number of nitrogens with zero attached hydrogens (tertiary/aromatic N) is 2. The average molecular weight is 280 g/mol. The molecule has 0 spiro atoms. The van der Waals surface area contributed by atoms with Crippen molar-refractivity contribution in [2.75, 3.05) is 26.2 Å². The van der Waals surface area contributed by atoms with E-state index in [0.29, 0.717) is 13.1 Å². The Morgan fingerprint density at radius 3 is 2.35 bits per heavy atom. The van der Waals surface area contributed by atoms with Crippen molar-refractivity contribution in [3.8, 4) is 5.75 Å². The van der Waals surface area contributed by atoms with E-state index in [1.165, 1.54) is 6.07 Å². The van der Waals surface area contributed by atoms with Crippen LogP contribution in [0.1, 0.15) is 31.1 Å². The minimum atomic E-state index is -0.514. The summed E-state index contributed by atoms with van der Waals surface area (Å²) in [6.45, 7) is 9.17. The van der Waals surface area contributed by atoms with Crippen molar-refractivity contribution in [3.05, 3.63) is 29.6 Å². The molecule has 1 fully saturated rings. The standard InChI is InChI=1S/C15H21FN2O2/c1-15(2,3)18-8-6-17(7-9-18)14(20)12-10-11(16)4-5-13(12)19/h4-5,10,19H,6-9H2,1-3H3. The number of carbonyl (C=O) groups excluding carboxylic acids is 1. The first-order chi connectivity index (χ1) is 9.29. The van der Waals surface area contributed by atoms with E-state index < -0.39 is 5.82 Å². The van der Waals surface area contributed by atoms with Crippen LogP contribution in [0.15, 0.2) is 18.2 Å². The number of amides is 1. The Hall–Kier alpha value is -1.62. The minimum absolute atomic E-state index is 0.0363. The van der Waals surface area contributed by atoms with Crippen LogP contribution in [0, 0.1) is 5.82 Å². The van der Waals surface area contributed by atoms with E-state index >= 15 is 0 Å². The van der Waals surface area contributed by atoms with Gasteiger partial charge in [0.15, 0.2) is 0 Å². The van der Waals surface area contributed by atoms with Crippen LogP contribution in [-0.2, 0) is 0 Å². The summed E-state index contributed by atoms with van der Waals surface area (Å²) in [5.74, 6) is -0.996. The van der Waals surface area contributed by atoms with Crippen LogP contribution in [0.2, 0.25) is 0 Å². The van der Waals surface area contributed by atoms with Crippen LogP contribution in [-0.4, -0.2) is 52.5 Å². The van der Waals surface area contributed by atoms with Gasteiger partial charge in [-0.3, -0.25) is 9.69 Å². The SMILES string of the molecule is CC(C)(C)N1CCN(C(=O)c2cc(F)ccc2O)CC1. The summed E-state index contributed by atoms with van der Waals surface area (Å²) in [6.07, 6.45) is 0. The van der Waals surface area contributed by atoms with E-state index in [9.17, 15) is 14.3 Å². The number of phenols is 1. The van der Waals surface area contributed by atoms with Gasteiger partial charge in [0.2, 0.25) is 0 Å². The number of halogens is 1. The van der Waals surface area contributed by atoms with Gasteiger partial charge in [0.1, 0.15) is 11.6 Å². The highest BCUT2D eigenvalue weighted by molar-refractivity contribution is 5.96. The van der Waals surface area contributed by atoms with Crippen molar-refractivity contribution in [2.45, 2.75) is 26.3 Å². The molecule has 1 saturated heterocycles. The molecule has 1 aromatic rings. The first-order valence-electron chi connectivity index (χ1n) is 6.82. The maximum Gasteiger partial charge on any atom is 0.257 e. The largest absolute Gasteiger partial charge is 0.507 e. The zero-order valence-electron chi connectivity index (χ0n) is 12.2. The molecule has 4 nitrogen and oxygen atoms in total. The first kappa shape index (κ1) is 14.8. The molecule has 110 valence electrons. The second kappa shape index (κ2) is 5.40. The molecule has 0 aliphatic carbocycles. The topological polar surface area (TPSA) is 43.8 Å². The number of hydrogen-bond donors (Lipinski definition) is 1. The quantitative estimate of drug-likeness (QED) is 0.856. The molecule has 1 aliphatic heterocycles. The molecule has 1 aliphatic rings. The third-order valence-corrected chi connectivity index (χ3v) is 3.70. The summed E-state index contributed by atoms with van der Waals surface area (Å²) < 4.78 is 13.2. The third-order valence-electron chi connectivity index (χ3n) is 3.70. The maximum atomic E-state index is 13.2. The molecule has 1 aromatic carbocycles. The molecule has 0 unspecified atom stereocenters. The molecule has 1 N–H and O–H groups in total. The lowest BCUT2D eigenvalue weighted by Crippen LogP contribution is -2.54. The molecule has 20 heavy (non-hydrogen) atoms. The number of benzene rings is 1. The third kappa shape index (κ3) is 3.10. The second-order valence-electron chi connectivity index (χ2n) is 6.11. The summed E-state index contributed by atoms with van der Waals surface area (Å²) in [4.78, 5) is 16.3. The highest BCUT2D eigenvalue weighted by Crippen LogP contribution is 2.22. The molecule has 0 aromatic heterocycles. The molecule has 0 bridgehead atoms. The molecule has 5 heteroatoms. The second-order valence-corrected chi connectivity index (χ2v) is 6.11. The van der Waals surface area contributed by atoms with Crippen LogP contribution in [0.5, 0.6) is 5.75 Å². The first-order valence-corrected chi connectivity index (χ1v) is 6.82. The van der Waals surface area contributed by atoms with Crippen LogP contribution < -0.4 is 0 Å². The molecule has 0 atom stereocenters. The fourth-order valence-electron chi connectivity index (χ4n) is 2.43. The zero-order chi connectivity index (χ0) is 14.9. The van der Waals surface area contributed by atoms with Crippen molar-refractivity contribution < 1.29 is 14.3 Å². The highest BCUT2D eigenvalue weighted by atomic mass is 19.1. The van der Waals surface area contributed by atoms with Crippen LogP contribution in [0.4, 0.5) is 4.39 Å². The van der Waals surface area contributed by atoms with Crippen molar-refractivity contribution in [1.82, 2.24) is 9.80 Å².